The molecule has 1 saturated heterocycles. The van der Waals surface area contributed by atoms with Gasteiger partial charge in [-0.1, -0.05) is 24.6 Å². The van der Waals surface area contributed by atoms with Crippen LogP contribution in [0.25, 0.3) is 10.9 Å². The van der Waals surface area contributed by atoms with Crippen molar-refractivity contribution in [3.63, 3.8) is 0 Å². The van der Waals surface area contributed by atoms with Gasteiger partial charge in [-0.2, -0.15) is 0 Å². The molecule has 0 bridgehead atoms. The van der Waals surface area contributed by atoms with E-state index >= 15 is 0 Å². The maximum absolute atomic E-state index is 9.44. The summed E-state index contributed by atoms with van der Waals surface area (Å²) in [5, 5.41) is 10.8. The molecule has 0 saturated carbocycles. The number of aliphatic hydroxyl groups is 1. The summed E-state index contributed by atoms with van der Waals surface area (Å²) < 4.78 is 0. The fraction of sp³-hybridized carbons (Fsp3) is 0.500. The highest BCUT2D eigenvalue weighted by atomic mass is 16.3. The molecule has 1 unspecified atom stereocenters. The number of aromatic amines is 1. The molecule has 3 nitrogen and oxygen atoms in total. The van der Waals surface area contributed by atoms with Crippen molar-refractivity contribution < 1.29 is 5.11 Å². The normalized spacial score (nSPS) is 21.0. The Morgan fingerprint density at radius 1 is 1.26 bits per heavy atom. The first-order chi connectivity index (χ1) is 9.38. The van der Waals surface area contributed by atoms with Crippen LogP contribution in [0.5, 0.6) is 0 Å². The van der Waals surface area contributed by atoms with Crippen molar-refractivity contribution in [1.82, 2.24) is 9.88 Å². The number of fused-ring (bicyclic) bond motifs is 1. The van der Waals surface area contributed by atoms with E-state index < -0.39 is 0 Å². The van der Waals surface area contributed by atoms with Crippen LogP contribution in [0.15, 0.2) is 30.5 Å². The Morgan fingerprint density at radius 3 is 3.05 bits per heavy atom. The second-order valence-corrected chi connectivity index (χ2v) is 5.48. The first kappa shape index (κ1) is 12.7. The molecule has 1 aliphatic heterocycles. The molecular weight excluding hydrogens is 236 g/mol. The third-order valence-electron chi connectivity index (χ3n) is 4.30. The number of likely N-dealkylation sites (tertiary alicyclic amines) is 1. The van der Waals surface area contributed by atoms with Gasteiger partial charge in [-0.3, -0.25) is 4.90 Å². The van der Waals surface area contributed by atoms with Gasteiger partial charge in [0.05, 0.1) is 6.61 Å². The summed E-state index contributed by atoms with van der Waals surface area (Å²) in [5.41, 5.74) is 2.60. The zero-order valence-corrected chi connectivity index (χ0v) is 11.3. The van der Waals surface area contributed by atoms with Gasteiger partial charge in [-0.25, -0.2) is 0 Å². The van der Waals surface area contributed by atoms with Crippen LogP contribution < -0.4 is 0 Å². The third kappa shape index (κ3) is 2.67. The molecule has 3 rings (SSSR count). The average Bonchev–Trinajstić information content (AvgIpc) is 2.89. The number of aliphatic hydroxyl groups excluding tert-OH is 1. The lowest BCUT2D eigenvalue weighted by Crippen LogP contribution is -2.42. The Hall–Kier alpha value is -1.32. The molecule has 1 aliphatic rings. The fourth-order valence-electron chi connectivity index (χ4n) is 3.16. The van der Waals surface area contributed by atoms with Crippen LogP contribution in [0.4, 0.5) is 0 Å². The van der Waals surface area contributed by atoms with Crippen molar-refractivity contribution in [3.05, 3.63) is 36.0 Å². The number of para-hydroxylation sites is 1. The second kappa shape index (κ2) is 5.76. The predicted molar refractivity (Wildman–Crippen MR) is 78.3 cm³/mol. The van der Waals surface area contributed by atoms with Crippen LogP contribution in [-0.2, 0) is 6.42 Å². The van der Waals surface area contributed by atoms with Crippen LogP contribution in [0.3, 0.4) is 0 Å². The van der Waals surface area contributed by atoms with Crippen LogP contribution in [-0.4, -0.2) is 40.7 Å². The molecule has 2 N–H and O–H groups in total. The average molecular weight is 258 g/mol. The van der Waals surface area contributed by atoms with Crippen molar-refractivity contribution in [1.29, 1.82) is 0 Å². The summed E-state index contributed by atoms with van der Waals surface area (Å²) in [6.45, 7) is 2.48. The van der Waals surface area contributed by atoms with Crippen molar-refractivity contribution in [2.24, 2.45) is 0 Å². The molecule has 2 heterocycles. The van der Waals surface area contributed by atoms with E-state index in [-0.39, 0.29) is 0 Å². The number of benzene rings is 1. The summed E-state index contributed by atoms with van der Waals surface area (Å²) in [7, 11) is 0. The van der Waals surface area contributed by atoms with Crippen LogP contribution >= 0.6 is 0 Å². The van der Waals surface area contributed by atoms with E-state index in [4.69, 9.17) is 0 Å². The minimum atomic E-state index is 0.299. The molecule has 1 atom stereocenters. The number of aromatic nitrogens is 1. The van der Waals surface area contributed by atoms with Crippen LogP contribution in [0.2, 0.25) is 0 Å². The second-order valence-electron chi connectivity index (χ2n) is 5.48. The topological polar surface area (TPSA) is 39.3 Å². The lowest BCUT2D eigenvalue weighted by atomic mass is 10.0. The van der Waals surface area contributed by atoms with E-state index in [0.29, 0.717) is 12.6 Å². The van der Waals surface area contributed by atoms with Gasteiger partial charge in [-0.05, 0) is 37.4 Å². The van der Waals surface area contributed by atoms with E-state index in [0.717, 1.165) is 25.9 Å². The molecule has 3 heteroatoms. The number of piperidine rings is 1. The zero-order chi connectivity index (χ0) is 13.1. The number of hydrogen-bond acceptors (Lipinski definition) is 2. The molecule has 0 radical (unpaired) electrons. The van der Waals surface area contributed by atoms with Gasteiger partial charge in [0.15, 0.2) is 0 Å². The lowest BCUT2D eigenvalue weighted by Gasteiger charge is -2.34. The summed E-state index contributed by atoms with van der Waals surface area (Å²) in [4.78, 5) is 5.78. The Morgan fingerprint density at radius 2 is 2.16 bits per heavy atom. The van der Waals surface area contributed by atoms with Gasteiger partial charge >= 0.3 is 0 Å². The standard InChI is InChI=1S/C16H22N2O/c19-12-14-5-3-4-9-18(14)10-8-13-11-17-16-7-2-1-6-15(13)16/h1-2,6-7,11,14,17,19H,3-5,8-10,12H2. The van der Waals surface area contributed by atoms with Crippen molar-refractivity contribution >= 4 is 10.9 Å². The molecule has 2 aromatic rings. The summed E-state index contributed by atoms with van der Waals surface area (Å²) in [5.74, 6) is 0. The van der Waals surface area contributed by atoms with Crippen molar-refractivity contribution in [2.75, 3.05) is 19.7 Å². The Bertz CT molecular complexity index is 534. The largest absolute Gasteiger partial charge is 0.395 e. The monoisotopic (exact) mass is 258 g/mol. The third-order valence-corrected chi connectivity index (χ3v) is 4.30. The number of rotatable bonds is 4. The van der Waals surface area contributed by atoms with Gasteiger partial charge in [0.1, 0.15) is 0 Å². The van der Waals surface area contributed by atoms with Gasteiger partial charge in [-0.15, -0.1) is 0 Å². The maximum Gasteiger partial charge on any atom is 0.0586 e. The molecule has 1 aromatic carbocycles. The molecule has 19 heavy (non-hydrogen) atoms. The van der Waals surface area contributed by atoms with Gasteiger partial charge in [0.2, 0.25) is 0 Å². The lowest BCUT2D eigenvalue weighted by molar-refractivity contribution is 0.0914. The smallest absolute Gasteiger partial charge is 0.0586 e. The first-order valence-corrected chi connectivity index (χ1v) is 7.28. The number of nitrogens with one attached hydrogen (secondary N) is 1. The van der Waals surface area contributed by atoms with Crippen LogP contribution in [0, 0.1) is 0 Å². The van der Waals surface area contributed by atoms with Crippen LogP contribution in [0.1, 0.15) is 24.8 Å². The number of nitrogens with zero attached hydrogens (tertiary/aromatic N) is 1. The predicted octanol–water partition coefficient (Wildman–Crippen LogP) is 2.56. The van der Waals surface area contributed by atoms with Crippen molar-refractivity contribution in [3.8, 4) is 0 Å². The molecule has 1 fully saturated rings. The van der Waals surface area contributed by atoms with E-state index in [1.807, 2.05) is 0 Å². The van der Waals surface area contributed by atoms with Gasteiger partial charge in [0, 0.05) is 29.7 Å². The SMILES string of the molecule is OCC1CCCCN1CCc1c[nH]c2ccccc12. The Labute approximate surface area is 114 Å². The quantitative estimate of drug-likeness (QED) is 0.884. The summed E-state index contributed by atoms with van der Waals surface area (Å²) in [6, 6.07) is 8.84. The Balaban J connectivity index is 1.68. The van der Waals surface area contributed by atoms with Gasteiger partial charge < -0.3 is 10.1 Å². The van der Waals surface area contributed by atoms with E-state index in [9.17, 15) is 5.11 Å². The Kier molecular flexibility index (Phi) is 3.85. The zero-order valence-electron chi connectivity index (χ0n) is 11.3. The minimum absolute atomic E-state index is 0.299. The minimum Gasteiger partial charge on any atom is -0.395 e. The highest BCUT2D eigenvalue weighted by molar-refractivity contribution is 5.83. The van der Waals surface area contributed by atoms with Crippen molar-refractivity contribution in [2.45, 2.75) is 31.7 Å². The van der Waals surface area contributed by atoms with Gasteiger partial charge in [0.25, 0.3) is 0 Å². The summed E-state index contributed by atoms with van der Waals surface area (Å²) >= 11 is 0. The number of hydrogen-bond donors (Lipinski definition) is 2. The fourth-order valence-corrected chi connectivity index (χ4v) is 3.16. The molecule has 1 aromatic heterocycles. The molecule has 102 valence electrons. The number of H-pyrrole nitrogens is 1. The summed E-state index contributed by atoms with van der Waals surface area (Å²) in [6.07, 6.45) is 6.85. The highest BCUT2D eigenvalue weighted by Crippen LogP contribution is 2.21. The van der Waals surface area contributed by atoms with E-state index in [1.54, 1.807) is 0 Å². The molecule has 0 spiro atoms. The van der Waals surface area contributed by atoms with E-state index in [2.05, 4.69) is 40.3 Å². The highest BCUT2D eigenvalue weighted by Gasteiger charge is 2.21. The van der Waals surface area contributed by atoms with E-state index in [1.165, 1.54) is 29.3 Å². The first-order valence-electron chi connectivity index (χ1n) is 7.28. The molecular formula is C16H22N2O. The molecule has 0 amide bonds. The molecule has 0 aliphatic carbocycles. The maximum atomic E-state index is 9.44.